The fraction of sp³-hybridized carbons (Fsp3) is 0.154. The van der Waals surface area contributed by atoms with E-state index in [1.165, 1.54) is 72.8 Å². The van der Waals surface area contributed by atoms with Crippen LogP contribution in [0, 0.1) is 0 Å². The first-order valence-electron chi connectivity index (χ1n) is 16.2. The topological polar surface area (TPSA) is 243 Å². The SMILES string of the molecule is O=C(/C=C/c1ccc(O)cc1)OCC1O[C@@H](Oc2c(-c3ccc(O)cc3)oc3cc(O)cc(O)c3c2=O)C(O)C(OC(=O)/C=C/c2ccc(O)cc2)[C@H]1O. The molecule has 1 aromatic heterocycles. The van der Waals surface area contributed by atoms with Gasteiger partial charge in [-0.05, 0) is 71.8 Å². The lowest BCUT2D eigenvalue weighted by Crippen LogP contribution is -2.61. The van der Waals surface area contributed by atoms with Crippen LogP contribution in [0.1, 0.15) is 11.1 Å². The third kappa shape index (κ3) is 8.45. The highest BCUT2D eigenvalue weighted by molar-refractivity contribution is 5.89. The van der Waals surface area contributed by atoms with Gasteiger partial charge in [-0.3, -0.25) is 4.79 Å². The second kappa shape index (κ2) is 15.8. The van der Waals surface area contributed by atoms with Crippen LogP contribution in [0.5, 0.6) is 34.5 Å². The van der Waals surface area contributed by atoms with Crippen molar-refractivity contribution in [1.82, 2.24) is 0 Å². The zero-order valence-corrected chi connectivity index (χ0v) is 27.9. The number of ether oxygens (including phenoxy) is 4. The van der Waals surface area contributed by atoms with Crippen LogP contribution in [0.15, 0.2) is 106 Å². The molecule has 0 bridgehead atoms. The number of benzene rings is 4. The molecule has 0 radical (unpaired) electrons. The lowest BCUT2D eigenvalue weighted by atomic mass is 9.98. The number of rotatable bonds is 10. The van der Waals surface area contributed by atoms with Crippen LogP contribution in [-0.2, 0) is 23.8 Å². The Bertz CT molecular complexity index is 2260. The summed E-state index contributed by atoms with van der Waals surface area (Å²) >= 11 is 0. The molecule has 3 unspecified atom stereocenters. The maximum absolute atomic E-state index is 13.9. The van der Waals surface area contributed by atoms with Crippen molar-refractivity contribution in [2.24, 2.45) is 0 Å². The van der Waals surface area contributed by atoms with E-state index in [9.17, 15) is 50.1 Å². The fourth-order valence-corrected chi connectivity index (χ4v) is 5.46. The van der Waals surface area contributed by atoms with Gasteiger partial charge in [0, 0.05) is 29.8 Å². The van der Waals surface area contributed by atoms with Gasteiger partial charge in [-0.1, -0.05) is 24.3 Å². The van der Waals surface area contributed by atoms with Gasteiger partial charge in [0.25, 0.3) is 0 Å². The highest BCUT2D eigenvalue weighted by Gasteiger charge is 2.49. The average Bonchev–Trinajstić information content (AvgIpc) is 3.14. The van der Waals surface area contributed by atoms with Gasteiger partial charge in [0.05, 0.1) is 0 Å². The highest BCUT2D eigenvalue weighted by atomic mass is 16.7. The van der Waals surface area contributed by atoms with E-state index < -0.39 is 77.3 Å². The van der Waals surface area contributed by atoms with Crippen molar-refractivity contribution >= 4 is 35.1 Å². The number of hydrogen-bond donors (Lipinski definition) is 7. The van der Waals surface area contributed by atoms with Crippen LogP contribution in [0.3, 0.4) is 0 Å². The molecule has 1 fully saturated rings. The number of esters is 2. The number of aromatic hydroxyl groups is 5. The van der Waals surface area contributed by atoms with E-state index in [2.05, 4.69) is 0 Å². The lowest BCUT2D eigenvalue weighted by Gasteiger charge is -2.41. The first-order chi connectivity index (χ1) is 25.9. The molecule has 278 valence electrons. The highest BCUT2D eigenvalue weighted by Crippen LogP contribution is 2.38. The standard InChI is InChI=1S/C39H32O15/c40-23-9-1-20(2-10-23)5-15-30(45)50-19-29-33(47)37(53-31(46)16-6-21-3-11-24(41)12-4-21)35(49)39(52-29)54-38-34(48)32-27(44)17-26(43)18-28(32)51-36(38)22-7-13-25(42)14-8-22/h1-18,29,33,35,37,39-44,47,49H,19H2/b15-5+,16-6+/t29?,33-,35?,37?,39-/m0/s1. The molecule has 0 aliphatic carbocycles. The normalized spacial score (nSPS) is 19.9. The van der Waals surface area contributed by atoms with Crippen molar-refractivity contribution in [3.05, 3.63) is 118 Å². The van der Waals surface area contributed by atoms with Crippen LogP contribution < -0.4 is 10.2 Å². The number of fused-ring (bicyclic) bond motifs is 1. The second-order valence-corrected chi connectivity index (χ2v) is 12.0. The summed E-state index contributed by atoms with van der Waals surface area (Å²) in [4.78, 5) is 39.5. The summed E-state index contributed by atoms with van der Waals surface area (Å²) < 4.78 is 28.3. The molecule has 5 atom stereocenters. The zero-order chi connectivity index (χ0) is 38.5. The van der Waals surface area contributed by atoms with E-state index in [-0.39, 0.29) is 34.2 Å². The van der Waals surface area contributed by atoms with Crippen molar-refractivity contribution < 1.29 is 68.7 Å². The molecule has 54 heavy (non-hydrogen) atoms. The van der Waals surface area contributed by atoms with Crippen molar-refractivity contribution in [3.8, 4) is 45.8 Å². The van der Waals surface area contributed by atoms with E-state index in [0.29, 0.717) is 11.1 Å². The van der Waals surface area contributed by atoms with Crippen LogP contribution in [0.2, 0.25) is 0 Å². The summed E-state index contributed by atoms with van der Waals surface area (Å²) in [5.74, 6) is -4.01. The molecule has 0 amide bonds. The van der Waals surface area contributed by atoms with E-state index >= 15 is 0 Å². The summed E-state index contributed by atoms with van der Waals surface area (Å²) in [5.41, 5.74) is 0.00793. The smallest absolute Gasteiger partial charge is 0.331 e. The molecule has 15 heteroatoms. The number of aliphatic hydroxyl groups is 2. The Morgan fingerprint density at radius 1 is 0.704 bits per heavy atom. The third-order valence-corrected chi connectivity index (χ3v) is 8.18. The number of phenols is 5. The Morgan fingerprint density at radius 2 is 1.26 bits per heavy atom. The minimum Gasteiger partial charge on any atom is -0.508 e. The summed E-state index contributed by atoms with van der Waals surface area (Å²) in [6.45, 7) is -0.666. The van der Waals surface area contributed by atoms with Gasteiger partial charge in [0.1, 0.15) is 58.5 Å². The number of carbonyl (C=O) groups excluding carboxylic acids is 2. The van der Waals surface area contributed by atoms with Gasteiger partial charge in [-0.2, -0.15) is 0 Å². The summed E-state index contributed by atoms with van der Waals surface area (Å²) in [5, 5.41) is 71.7. The average molecular weight is 741 g/mol. The third-order valence-electron chi connectivity index (χ3n) is 8.18. The molecule has 1 saturated heterocycles. The van der Waals surface area contributed by atoms with Crippen molar-refractivity contribution in [2.75, 3.05) is 6.61 Å². The van der Waals surface area contributed by atoms with Crippen LogP contribution in [0.4, 0.5) is 0 Å². The lowest BCUT2D eigenvalue weighted by molar-refractivity contribution is -0.281. The van der Waals surface area contributed by atoms with Gasteiger partial charge >= 0.3 is 11.9 Å². The molecule has 0 saturated carbocycles. The fourth-order valence-electron chi connectivity index (χ4n) is 5.46. The molecule has 5 aromatic rings. The maximum atomic E-state index is 13.9. The quantitative estimate of drug-likeness (QED) is 0.0798. The molecule has 4 aromatic carbocycles. The molecular weight excluding hydrogens is 708 g/mol. The predicted molar refractivity (Wildman–Crippen MR) is 189 cm³/mol. The largest absolute Gasteiger partial charge is 0.508 e. The Labute approximate surface area is 305 Å². The Kier molecular flexibility index (Phi) is 10.8. The summed E-state index contributed by atoms with van der Waals surface area (Å²) in [6.07, 6.45) is -4.24. The second-order valence-electron chi connectivity index (χ2n) is 12.0. The monoisotopic (exact) mass is 740 g/mol. The molecule has 1 aliphatic rings. The minimum absolute atomic E-state index is 0.000756. The van der Waals surface area contributed by atoms with Gasteiger partial charge in [-0.15, -0.1) is 0 Å². The number of aliphatic hydroxyl groups excluding tert-OH is 2. The van der Waals surface area contributed by atoms with E-state index in [0.717, 1.165) is 24.3 Å². The molecule has 15 nitrogen and oxygen atoms in total. The molecule has 2 heterocycles. The van der Waals surface area contributed by atoms with Crippen LogP contribution in [-0.4, -0.2) is 85.0 Å². The first kappa shape index (κ1) is 37.0. The van der Waals surface area contributed by atoms with Crippen LogP contribution >= 0.6 is 0 Å². The van der Waals surface area contributed by atoms with Crippen molar-refractivity contribution in [1.29, 1.82) is 0 Å². The minimum atomic E-state index is -2.00. The van der Waals surface area contributed by atoms with Crippen molar-refractivity contribution in [3.63, 3.8) is 0 Å². The number of phenolic OH excluding ortho intramolecular Hbond substituents is 5. The molecule has 1 aliphatic heterocycles. The van der Waals surface area contributed by atoms with Crippen LogP contribution in [0.25, 0.3) is 34.4 Å². The maximum Gasteiger partial charge on any atom is 0.331 e. The summed E-state index contributed by atoms with van der Waals surface area (Å²) in [6, 6.07) is 19.0. The van der Waals surface area contributed by atoms with E-state index in [1.54, 1.807) is 12.1 Å². The number of carbonyl (C=O) groups is 2. The Balaban J connectivity index is 1.32. The van der Waals surface area contributed by atoms with E-state index in [4.69, 9.17) is 23.4 Å². The molecule has 0 spiro atoms. The summed E-state index contributed by atoms with van der Waals surface area (Å²) in [7, 11) is 0. The zero-order valence-electron chi connectivity index (χ0n) is 27.9. The molecule has 6 rings (SSSR count). The van der Waals surface area contributed by atoms with Crippen molar-refractivity contribution in [2.45, 2.75) is 30.7 Å². The molecular formula is C39H32O15. The van der Waals surface area contributed by atoms with Gasteiger partial charge < -0.3 is 59.1 Å². The van der Waals surface area contributed by atoms with E-state index in [1.807, 2.05) is 0 Å². The molecule has 7 N–H and O–H groups in total. The Hall–Kier alpha value is -6.81. The predicted octanol–water partition coefficient (Wildman–Crippen LogP) is 3.70. The first-order valence-corrected chi connectivity index (χ1v) is 16.2. The Morgan fingerprint density at radius 3 is 1.85 bits per heavy atom. The van der Waals surface area contributed by atoms with Gasteiger partial charge in [0.2, 0.25) is 17.5 Å². The van der Waals surface area contributed by atoms with Gasteiger partial charge in [-0.25, -0.2) is 9.59 Å². The number of hydrogen-bond acceptors (Lipinski definition) is 15. The van der Waals surface area contributed by atoms with Gasteiger partial charge in [0.15, 0.2) is 18.0 Å².